The molecule has 37 heavy (non-hydrogen) atoms. The lowest BCUT2D eigenvalue weighted by Gasteiger charge is -2.20. The van der Waals surface area contributed by atoms with Crippen LogP contribution >= 0.6 is 22.6 Å². The van der Waals surface area contributed by atoms with Gasteiger partial charge in [-0.3, -0.25) is 9.79 Å². The van der Waals surface area contributed by atoms with Crippen molar-refractivity contribution in [3.63, 3.8) is 0 Å². The van der Waals surface area contributed by atoms with Gasteiger partial charge in [-0.25, -0.2) is 0 Å². The molecule has 0 aromatic heterocycles. The second-order valence-electron chi connectivity index (χ2n) is 9.61. The van der Waals surface area contributed by atoms with E-state index in [4.69, 9.17) is 14.2 Å². The Kier molecular flexibility index (Phi) is 7.69. The lowest BCUT2D eigenvalue weighted by molar-refractivity contribution is 0.0774. The normalized spacial score (nSPS) is 16.3. The Hall–Kier alpha value is -3.07. The molecule has 0 aliphatic carbocycles. The van der Waals surface area contributed by atoms with Crippen LogP contribution in [0.1, 0.15) is 46.3 Å². The van der Waals surface area contributed by atoms with E-state index in [1.807, 2.05) is 54.4 Å². The smallest absolute Gasteiger partial charge is 0.256 e. The van der Waals surface area contributed by atoms with Crippen LogP contribution in [0.3, 0.4) is 0 Å². The fraction of sp³-hybridized carbons (Fsp3) is 0.333. The maximum atomic E-state index is 13.0. The maximum Gasteiger partial charge on any atom is 0.256 e. The quantitative estimate of drug-likeness (QED) is 0.200. The van der Waals surface area contributed by atoms with Crippen molar-refractivity contribution in [3.8, 4) is 23.0 Å². The van der Waals surface area contributed by atoms with Crippen molar-refractivity contribution in [3.05, 3.63) is 74.4 Å². The number of benzene rings is 3. The Morgan fingerprint density at radius 3 is 2.54 bits per heavy atom. The number of halogens is 1. The summed E-state index contributed by atoms with van der Waals surface area (Å²) < 4.78 is 19.0. The zero-order valence-corrected chi connectivity index (χ0v) is 23.6. The van der Waals surface area contributed by atoms with Gasteiger partial charge in [0.1, 0.15) is 23.0 Å². The Morgan fingerprint density at radius 2 is 1.73 bits per heavy atom. The molecule has 3 aromatic carbocycles. The van der Waals surface area contributed by atoms with Crippen LogP contribution in [0.2, 0.25) is 0 Å². The molecular formula is C30H31IN2O4. The van der Waals surface area contributed by atoms with Crippen molar-refractivity contribution in [2.45, 2.75) is 46.1 Å². The summed E-state index contributed by atoms with van der Waals surface area (Å²) in [6.45, 7) is 7.99. The molecule has 1 amide bonds. The van der Waals surface area contributed by atoms with Crippen LogP contribution in [-0.4, -0.2) is 42.8 Å². The predicted octanol–water partition coefficient (Wildman–Crippen LogP) is 7.18. The van der Waals surface area contributed by atoms with Gasteiger partial charge < -0.3 is 19.1 Å². The third-order valence-electron chi connectivity index (χ3n) is 6.89. The van der Waals surface area contributed by atoms with E-state index in [0.717, 1.165) is 57.9 Å². The first kappa shape index (κ1) is 25.6. The first-order valence-electron chi connectivity index (χ1n) is 12.7. The molecule has 0 radical (unpaired) electrons. The van der Waals surface area contributed by atoms with E-state index in [0.29, 0.717) is 24.5 Å². The Morgan fingerprint density at radius 1 is 0.919 bits per heavy atom. The SMILES string of the molecule is Cc1ccc(Oc2ccc(OCCCOc3cc4c(cc3C)C(=O)N3CCC[C@H]3C=N4)cc2I)cc1C. The number of aryl methyl sites for hydroxylation is 3. The van der Waals surface area contributed by atoms with E-state index in [1.54, 1.807) is 0 Å². The van der Waals surface area contributed by atoms with Crippen LogP contribution in [0.5, 0.6) is 23.0 Å². The van der Waals surface area contributed by atoms with Crippen LogP contribution in [-0.2, 0) is 0 Å². The Bertz CT molecular complexity index is 1350. The van der Waals surface area contributed by atoms with Gasteiger partial charge in [0.25, 0.3) is 5.91 Å². The standard InChI is InChI=1S/C30H31IN2O4/c1-19-7-8-24(14-20(19)2)37-28-10-9-23(16-26(28)31)35-12-5-13-36-29-17-27-25(15-21(29)3)30(34)33-11-4-6-22(33)18-32-27/h7-10,14-18,22H,4-6,11-13H2,1-3H3/t22-/m0/s1. The number of hydrogen-bond donors (Lipinski definition) is 0. The third kappa shape index (κ3) is 5.76. The number of ether oxygens (including phenoxy) is 3. The monoisotopic (exact) mass is 610 g/mol. The van der Waals surface area contributed by atoms with Gasteiger partial charge in [-0.2, -0.15) is 0 Å². The number of amides is 1. The number of hydrogen-bond acceptors (Lipinski definition) is 5. The molecule has 1 saturated heterocycles. The maximum absolute atomic E-state index is 13.0. The molecule has 0 unspecified atom stereocenters. The van der Waals surface area contributed by atoms with Crippen molar-refractivity contribution < 1.29 is 19.0 Å². The highest BCUT2D eigenvalue weighted by Gasteiger charge is 2.32. The van der Waals surface area contributed by atoms with Crippen molar-refractivity contribution >= 4 is 40.4 Å². The van der Waals surface area contributed by atoms with Crippen molar-refractivity contribution in [1.29, 1.82) is 0 Å². The van der Waals surface area contributed by atoms with Crippen LogP contribution in [0, 0.1) is 24.3 Å². The molecule has 0 bridgehead atoms. The lowest BCUT2D eigenvalue weighted by Crippen LogP contribution is -2.35. The Balaban J connectivity index is 1.13. The van der Waals surface area contributed by atoms with Gasteiger partial charge in [0, 0.05) is 25.2 Å². The van der Waals surface area contributed by atoms with Gasteiger partial charge in [0.05, 0.1) is 34.1 Å². The molecule has 192 valence electrons. The van der Waals surface area contributed by atoms with Gasteiger partial charge in [-0.15, -0.1) is 0 Å². The largest absolute Gasteiger partial charge is 0.493 e. The van der Waals surface area contributed by atoms with Crippen LogP contribution in [0.25, 0.3) is 0 Å². The van der Waals surface area contributed by atoms with Crippen LogP contribution in [0.15, 0.2) is 53.5 Å². The number of carbonyl (C=O) groups is 1. The number of fused-ring (bicyclic) bond motifs is 2. The van der Waals surface area contributed by atoms with Crippen LogP contribution < -0.4 is 14.2 Å². The molecule has 2 aliphatic rings. The number of carbonyl (C=O) groups excluding carboxylic acids is 1. The predicted molar refractivity (Wildman–Crippen MR) is 154 cm³/mol. The summed E-state index contributed by atoms with van der Waals surface area (Å²) >= 11 is 2.27. The van der Waals surface area contributed by atoms with Gasteiger partial charge in [0.2, 0.25) is 0 Å². The molecule has 7 heteroatoms. The average molecular weight is 610 g/mol. The zero-order chi connectivity index (χ0) is 25.9. The topological polar surface area (TPSA) is 60.4 Å². The summed E-state index contributed by atoms with van der Waals surface area (Å²) in [6.07, 6.45) is 4.65. The van der Waals surface area contributed by atoms with E-state index in [-0.39, 0.29) is 11.9 Å². The summed E-state index contributed by atoms with van der Waals surface area (Å²) in [5.74, 6) is 3.26. The van der Waals surface area contributed by atoms with E-state index < -0.39 is 0 Å². The summed E-state index contributed by atoms with van der Waals surface area (Å²) in [5, 5.41) is 0. The van der Waals surface area contributed by atoms with E-state index in [1.165, 1.54) is 11.1 Å². The molecule has 1 atom stereocenters. The zero-order valence-electron chi connectivity index (χ0n) is 21.4. The van der Waals surface area contributed by atoms with Gasteiger partial charge in [0.15, 0.2) is 0 Å². The molecule has 3 aromatic rings. The summed E-state index contributed by atoms with van der Waals surface area (Å²) in [5.41, 5.74) is 4.74. The van der Waals surface area contributed by atoms with Gasteiger partial charge >= 0.3 is 0 Å². The molecule has 0 N–H and O–H groups in total. The van der Waals surface area contributed by atoms with E-state index in [9.17, 15) is 4.79 Å². The minimum atomic E-state index is 0.0677. The molecular weight excluding hydrogens is 579 g/mol. The van der Waals surface area contributed by atoms with Crippen LogP contribution in [0.4, 0.5) is 5.69 Å². The van der Waals surface area contributed by atoms with Gasteiger partial charge in [-0.05, 0) is 109 Å². The number of aliphatic imine (C=N–C) groups is 1. The van der Waals surface area contributed by atoms with E-state index >= 15 is 0 Å². The second-order valence-corrected chi connectivity index (χ2v) is 10.8. The number of nitrogens with zero attached hydrogens (tertiary/aromatic N) is 2. The summed E-state index contributed by atoms with van der Waals surface area (Å²) in [4.78, 5) is 19.5. The lowest BCUT2D eigenvalue weighted by atomic mass is 10.1. The minimum Gasteiger partial charge on any atom is -0.493 e. The summed E-state index contributed by atoms with van der Waals surface area (Å²) in [6, 6.07) is 15.9. The van der Waals surface area contributed by atoms with E-state index in [2.05, 4.69) is 53.6 Å². The highest BCUT2D eigenvalue weighted by molar-refractivity contribution is 14.1. The molecule has 2 heterocycles. The average Bonchev–Trinajstić information content (AvgIpc) is 3.31. The first-order valence-corrected chi connectivity index (χ1v) is 13.8. The van der Waals surface area contributed by atoms with Crippen molar-refractivity contribution in [2.75, 3.05) is 19.8 Å². The molecule has 5 rings (SSSR count). The minimum absolute atomic E-state index is 0.0677. The van der Waals surface area contributed by atoms with Crippen molar-refractivity contribution in [1.82, 2.24) is 4.90 Å². The second kappa shape index (κ2) is 11.1. The molecule has 6 nitrogen and oxygen atoms in total. The fourth-order valence-corrected chi connectivity index (χ4v) is 5.22. The summed E-state index contributed by atoms with van der Waals surface area (Å²) in [7, 11) is 0. The highest BCUT2D eigenvalue weighted by atomic mass is 127. The Labute approximate surface area is 231 Å². The molecule has 2 aliphatic heterocycles. The molecule has 1 fully saturated rings. The number of rotatable bonds is 8. The molecule has 0 spiro atoms. The molecule has 0 saturated carbocycles. The highest BCUT2D eigenvalue weighted by Crippen LogP contribution is 2.34. The first-order chi connectivity index (χ1) is 17.9. The van der Waals surface area contributed by atoms with Gasteiger partial charge in [-0.1, -0.05) is 6.07 Å². The fourth-order valence-electron chi connectivity index (χ4n) is 4.62. The third-order valence-corrected chi connectivity index (χ3v) is 7.74. The van der Waals surface area contributed by atoms with Crippen molar-refractivity contribution in [2.24, 2.45) is 4.99 Å².